The molecular weight excluding hydrogens is 168 g/mol. The van der Waals surface area contributed by atoms with Crippen LogP contribution in [0.5, 0.6) is 0 Å². The Morgan fingerprint density at radius 1 is 1.25 bits per heavy atom. The van der Waals surface area contributed by atoms with E-state index in [0.29, 0.717) is 0 Å². The van der Waals surface area contributed by atoms with Crippen molar-refractivity contribution < 1.29 is 19.0 Å². The second-order valence-electron chi connectivity index (χ2n) is 2.84. The Morgan fingerprint density at radius 3 is 2.08 bits per heavy atom. The maximum absolute atomic E-state index is 11.7. The van der Waals surface area contributed by atoms with Crippen molar-refractivity contribution in [2.24, 2.45) is 0 Å². The van der Waals surface area contributed by atoms with E-state index in [1.54, 1.807) is 13.8 Å². The predicted octanol–water partition coefficient (Wildman–Crippen LogP) is -0.0287. The smallest absolute Gasteiger partial charge is 0.265 e. The van der Waals surface area contributed by atoms with Gasteiger partial charge in [-0.05, 0) is 13.8 Å². The van der Waals surface area contributed by atoms with Crippen LogP contribution in [-0.2, 0) is 0 Å². The van der Waals surface area contributed by atoms with Crippen LogP contribution >= 0.6 is 0 Å². The van der Waals surface area contributed by atoms with E-state index in [0.717, 1.165) is 0 Å². The van der Waals surface area contributed by atoms with Gasteiger partial charge < -0.3 is 15.5 Å². The van der Waals surface area contributed by atoms with Crippen LogP contribution < -0.4 is 5.32 Å². The van der Waals surface area contributed by atoms with Gasteiger partial charge in [-0.3, -0.25) is 0 Å². The highest BCUT2D eigenvalue weighted by molar-refractivity contribution is 4.70. The molecule has 3 nitrogen and oxygen atoms in total. The molecule has 0 fully saturated rings. The summed E-state index contributed by atoms with van der Waals surface area (Å²) in [6.45, 7) is 3.00. The number of nitrogens with one attached hydrogen (secondary N) is 1. The summed E-state index contributed by atoms with van der Waals surface area (Å²) in [5.41, 5.74) is 0. The Kier molecular flexibility index (Phi) is 5.28. The zero-order valence-electron chi connectivity index (χ0n) is 7.17. The van der Waals surface area contributed by atoms with Crippen molar-refractivity contribution in [3.63, 3.8) is 0 Å². The Hall–Kier alpha value is -0.260. The average Bonchev–Trinajstić information content (AvgIpc) is 1.98. The maximum Gasteiger partial charge on any atom is 0.265 e. The summed E-state index contributed by atoms with van der Waals surface area (Å²) in [4.78, 5) is 0. The van der Waals surface area contributed by atoms with Crippen LogP contribution in [0.25, 0.3) is 0 Å². The van der Waals surface area contributed by atoms with E-state index in [4.69, 9.17) is 10.2 Å². The molecule has 3 unspecified atom stereocenters. The van der Waals surface area contributed by atoms with Crippen molar-refractivity contribution in [2.75, 3.05) is 6.54 Å². The van der Waals surface area contributed by atoms with E-state index < -0.39 is 18.6 Å². The number of halogens is 2. The van der Waals surface area contributed by atoms with E-state index >= 15 is 0 Å². The third-order valence-electron chi connectivity index (χ3n) is 1.66. The third-order valence-corrected chi connectivity index (χ3v) is 1.66. The molecule has 3 N–H and O–H groups in total. The molecule has 0 aliphatic rings. The van der Waals surface area contributed by atoms with Crippen LogP contribution in [0.4, 0.5) is 8.78 Å². The lowest BCUT2D eigenvalue weighted by atomic mass is 10.2. The minimum Gasteiger partial charge on any atom is -0.392 e. The fourth-order valence-electron chi connectivity index (χ4n) is 0.566. The molecule has 74 valence electrons. The summed E-state index contributed by atoms with van der Waals surface area (Å²) in [7, 11) is 0. The lowest BCUT2D eigenvalue weighted by Crippen LogP contribution is -2.41. The van der Waals surface area contributed by atoms with Gasteiger partial charge in [0, 0.05) is 12.6 Å². The SMILES string of the molecule is CC(O)C(C)NCC(O)C(F)F. The minimum atomic E-state index is -2.74. The molecule has 0 rings (SSSR count). The molecule has 0 heterocycles. The summed E-state index contributed by atoms with van der Waals surface area (Å²) in [5.74, 6) is 0. The highest BCUT2D eigenvalue weighted by Crippen LogP contribution is 1.99. The first kappa shape index (κ1) is 11.7. The van der Waals surface area contributed by atoms with Gasteiger partial charge in [0.05, 0.1) is 6.10 Å². The van der Waals surface area contributed by atoms with Crippen LogP contribution in [0.2, 0.25) is 0 Å². The number of aliphatic hydroxyl groups is 2. The van der Waals surface area contributed by atoms with Gasteiger partial charge in [0.25, 0.3) is 6.43 Å². The quantitative estimate of drug-likeness (QED) is 0.561. The van der Waals surface area contributed by atoms with Crippen molar-refractivity contribution >= 4 is 0 Å². The van der Waals surface area contributed by atoms with Crippen molar-refractivity contribution in [2.45, 2.75) is 38.5 Å². The molecule has 0 radical (unpaired) electrons. The fraction of sp³-hybridized carbons (Fsp3) is 1.00. The molecule has 0 saturated carbocycles. The number of alkyl halides is 2. The zero-order valence-corrected chi connectivity index (χ0v) is 7.17. The molecule has 0 saturated heterocycles. The molecule has 0 bridgehead atoms. The van der Waals surface area contributed by atoms with Gasteiger partial charge in [0.2, 0.25) is 0 Å². The Labute approximate surface area is 70.4 Å². The molecule has 3 atom stereocenters. The van der Waals surface area contributed by atoms with E-state index in [2.05, 4.69) is 5.32 Å². The van der Waals surface area contributed by atoms with Crippen molar-refractivity contribution in [3.05, 3.63) is 0 Å². The van der Waals surface area contributed by atoms with Crippen molar-refractivity contribution in [3.8, 4) is 0 Å². The number of aliphatic hydroxyl groups excluding tert-OH is 2. The lowest BCUT2D eigenvalue weighted by Gasteiger charge is -2.18. The molecular formula is C7H15F2NO2. The molecule has 0 aromatic heterocycles. The van der Waals surface area contributed by atoms with Crippen LogP contribution in [0.1, 0.15) is 13.8 Å². The number of rotatable bonds is 5. The van der Waals surface area contributed by atoms with Crippen LogP contribution in [-0.4, -0.2) is 41.4 Å². The van der Waals surface area contributed by atoms with Gasteiger partial charge in [-0.25, -0.2) is 8.78 Å². The largest absolute Gasteiger partial charge is 0.392 e. The molecule has 0 aliphatic carbocycles. The summed E-state index contributed by atoms with van der Waals surface area (Å²) in [6, 6.07) is -0.293. The monoisotopic (exact) mass is 183 g/mol. The Bertz CT molecular complexity index is 108. The molecule has 0 amide bonds. The van der Waals surface area contributed by atoms with E-state index in [9.17, 15) is 8.78 Å². The second kappa shape index (κ2) is 5.40. The molecule has 0 aliphatic heterocycles. The van der Waals surface area contributed by atoms with Crippen LogP contribution in [0.15, 0.2) is 0 Å². The summed E-state index contributed by atoms with van der Waals surface area (Å²) < 4.78 is 23.5. The van der Waals surface area contributed by atoms with Gasteiger partial charge in [0.1, 0.15) is 6.10 Å². The lowest BCUT2D eigenvalue weighted by molar-refractivity contribution is -0.00675. The predicted molar refractivity (Wildman–Crippen MR) is 41.2 cm³/mol. The van der Waals surface area contributed by atoms with E-state index in [1.807, 2.05) is 0 Å². The first-order valence-corrected chi connectivity index (χ1v) is 3.82. The topological polar surface area (TPSA) is 52.5 Å². The minimum absolute atomic E-state index is 0.205. The molecule has 0 spiro atoms. The van der Waals surface area contributed by atoms with Gasteiger partial charge in [-0.1, -0.05) is 0 Å². The first-order chi connectivity index (χ1) is 5.45. The third kappa shape index (κ3) is 4.58. The van der Waals surface area contributed by atoms with Crippen molar-refractivity contribution in [1.29, 1.82) is 0 Å². The second-order valence-corrected chi connectivity index (χ2v) is 2.84. The summed E-state index contributed by atoms with van der Waals surface area (Å²) >= 11 is 0. The van der Waals surface area contributed by atoms with Gasteiger partial charge >= 0.3 is 0 Å². The Morgan fingerprint density at radius 2 is 1.75 bits per heavy atom. The fourth-order valence-corrected chi connectivity index (χ4v) is 0.566. The van der Waals surface area contributed by atoms with Gasteiger partial charge in [-0.15, -0.1) is 0 Å². The van der Waals surface area contributed by atoms with E-state index in [1.165, 1.54) is 0 Å². The highest BCUT2D eigenvalue weighted by atomic mass is 19.3. The maximum atomic E-state index is 11.7. The Balaban J connectivity index is 3.54. The number of hydrogen-bond acceptors (Lipinski definition) is 3. The summed E-state index contributed by atoms with van der Waals surface area (Å²) in [5, 5.41) is 20.2. The zero-order chi connectivity index (χ0) is 9.72. The highest BCUT2D eigenvalue weighted by Gasteiger charge is 2.18. The average molecular weight is 183 g/mol. The first-order valence-electron chi connectivity index (χ1n) is 3.82. The van der Waals surface area contributed by atoms with Crippen LogP contribution in [0, 0.1) is 0 Å². The van der Waals surface area contributed by atoms with Crippen molar-refractivity contribution in [1.82, 2.24) is 5.32 Å². The number of hydrogen-bond donors (Lipinski definition) is 3. The molecule has 0 aromatic carbocycles. The van der Waals surface area contributed by atoms with Gasteiger partial charge in [-0.2, -0.15) is 0 Å². The van der Waals surface area contributed by atoms with Gasteiger partial charge in [0.15, 0.2) is 0 Å². The molecule has 5 heteroatoms. The molecule has 0 aromatic rings. The molecule has 12 heavy (non-hydrogen) atoms. The normalized spacial score (nSPS) is 19.2. The van der Waals surface area contributed by atoms with Crippen LogP contribution in [0.3, 0.4) is 0 Å². The standard InChI is InChI=1S/C7H15F2NO2/c1-4(5(2)11)10-3-6(12)7(8)9/h4-7,10-12H,3H2,1-2H3. The van der Waals surface area contributed by atoms with E-state index in [-0.39, 0.29) is 12.6 Å². The summed E-state index contributed by atoms with van der Waals surface area (Å²) in [6.07, 6.45) is -5.01.